The van der Waals surface area contributed by atoms with Gasteiger partial charge >= 0.3 is 0 Å². The molecule has 1 aliphatic carbocycles. The molecular formula is C15H24ClN3. The zero-order chi connectivity index (χ0) is 14.0. The zero-order valence-corrected chi connectivity index (χ0v) is 12.9. The molecular weight excluding hydrogens is 258 g/mol. The number of nitrogens with two attached hydrogens (primary N) is 1. The first-order valence-electron chi connectivity index (χ1n) is 7.01. The summed E-state index contributed by atoms with van der Waals surface area (Å²) in [4.78, 5) is 6.85. The van der Waals surface area contributed by atoms with E-state index >= 15 is 0 Å². The van der Waals surface area contributed by atoms with Gasteiger partial charge in [-0.1, -0.05) is 25.4 Å². The van der Waals surface area contributed by atoms with E-state index in [4.69, 9.17) is 17.3 Å². The number of hydrogen-bond acceptors (Lipinski definition) is 3. The molecule has 1 fully saturated rings. The van der Waals surface area contributed by atoms with E-state index in [1.807, 2.05) is 12.1 Å². The second kappa shape index (κ2) is 5.68. The normalized spacial score (nSPS) is 19.4. The highest BCUT2D eigenvalue weighted by Crippen LogP contribution is 2.37. The molecule has 0 saturated heterocycles. The Morgan fingerprint density at radius 1 is 1.37 bits per heavy atom. The van der Waals surface area contributed by atoms with Gasteiger partial charge in [-0.3, -0.25) is 0 Å². The zero-order valence-electron chi connectivity index (χ0n) is 12.1. The highest BCUT2D eigenvalue weighted by atomic mass is 35.5. The second-order valence-corrected chi connectivity index (χ2v) is 6.72. The van der Waals surface area contributed by atoms with Crippen LogP contribution in [0.15, 0.2) is 12.1 Å². The van der Waals surface area contributed by atoms with Gasteiger partial charge < -0.3 is 10.6 Å². The second-order valence-electron chi connectivity index (χ2n) is 6.31. The Kier molecular flexibility index (Phi) is 4.36. The summed E-state index contributed by atoms with van der Waals surface area (Å²) in [6, 6.07) is 4.46. The van der Waals surface area contributed by atoms with E-state index in [9.17, 15) is 0 Å². The SMILES string of the molecule is CN(c1ccc(Cl)c(CN)n1)C1CCC(C)(C)CC1. The maximum atomic E-state index is 6.06. The summed E-state index contributed by atoms with van der Waals surface area (Å²) >= 11 is 6.06. The molecule has 1 aliphatic rings. The molecule has 0 atom stereocenters. The first-order valence-corrected chi connectivity index (χ1v) is 7.39. The Hall–Kier alpha value is -0.800. The predicted octanol–water partition coefficient (Wildman–Crippen LogP) is 3.60. The molecule has 106 valence electrons. The fourth-order valence-electron chi connectivity index (χ4n) is 2.77. The molecule has 0 aromatic carbocycles. The Bertz CT molecular complexity index is 435. The van der Waals surface area contributed by atoms with E-state index in [0.29, 0.717) is 23.0 Å². The molecule has 3 nitrogen and oxygen atoms in total. The standard InChI is InChI=1S/C15H24ClN3/c1-15(2)8-6-11(7-9-15)19(3)14-5-4-12(16)13(10-17)18-14/h4-5,11H,6-10,17H2,1-3H3. The van der Waals surface area contributed by atoms with Crippen LogP contribution in [0.5, 0.6) is 0 Å². The number of rotatable bonds is 3. The van der Waals surface area contributed by atoms with Gasteiger partial charge in [0.05, 0.1) is 10.7 Å². The summed E-state index contributed by atoms with van der Waals surface area (Å²) in [5, 5.41) is 0.657. The van der Waals surface area contributed by atoms with E-state index < -0.39 is 0 Å². The van der Waals surface area contributed by atoms with Gasteiger partial charge in [0.2, 0.25) is 0 Å². The summed E-state index contributed by atoms with van der Waals surface area (Å²) in [5.74, 6) is 0.981. The Balaban J connectivity index is 2.10. The van der Waals surface area contributed by atoms with Crippen LogP contribution >= 0.6 is 11.6 Å². The average Bonchev–Trinajstić information content (AvgIpc) is 2.38. The molecule has 1 aromatic heterocycles. The molecule has 0 aliphatic heterocycles. The molecule has 4 heteroatoms. The summed E-state index contributed by atoms with van der Waals surface area (Å²) < 4.78 is 0. The van der Waals surface area contributed by atoms with Crippen LogP contribution in [0.1, 0.15) is 45.2 Å². The highest BCUT2D eigenvalue weighted by molar-refractivity contribution is 6.31. The van der Waals surface area contributed by atoms with Gasteiger partial charge in [-0.25, -0.2) is 4.98 Å². The van der Waals surface area contributed by atoms with Crippen molar-refractivity contribution in [1.29, 1.82) is 0 Å². The number of anilines is 1. The number of aromatic nitrogens is 1. The third kappa shape index (κ3) is 3.40. The number of hydrogen-bond donors (Lipinski definition) is 1. The van der Waals surface area contributed by atoms with E-state index in [2.05, 4.69) is 30.8 Å². The third-order valence-corrected chi connectivity index (χ3v) is 4.66. The van der Waals surface area contributed by atoms with Gasteiger partial charge in [0.15, 0.2) is 0 Å². The monoisotopic (exact) mass is 281 g/mol. The summed E-state index contributed by atoms with van der Waals surface area (Å²) in [6.45, 7) is 5.10. The molecule has 1 aromatic rings. The van der Waals surface area contributed by atoms with Crippen LogP contribution in [0.4, 0.5) is 5.82 Å². The minimum atomic E-state index is 0.387. The van der Waals surface area contributed by atoms with E-state index in [1.54, 1.807) is 0 Å². The average molecular weight is 282 g/mol. The Labute approximate surface area is 121 Å². The molecule has 19 heavy (non-hydrogen) atoms. The van der Waals surface area contributed by atoms with Gasteiger partial charge in [0.25, 0.3) is 0 Å². The van der Waals surface area contributed by atoms with Crippen LogP contribution in [0.3, 0.4) is 0 Å². The quantitative estimate of drug-likeness (QED) is 0.920. The topological polar surface area (TPSA) is 42.1 Å². The molecule has 2 N–H and O–H groups in total. The van der Waals surface area contributed by atoms with Crippen molar-refractivity contribution in [3.8, 4) is 0 Å². The van der Waals surface area contributed by atoms with Crippen molar-refractivity contribution in [1.82, 2.24) is 4.98 Å². The predicted molar refractivity (Wildman–Crippen MR) is 81.6 cm³/mol. The lowest BCUT2D eigenvalue weighted by atomic mass is 9.75. The van der Waals surface area contributed by atoms with Crippen molar-refractivity contribution in [2.75, 3.05) is 11.9 Å². The number of pyridine rings is 1. The lowest BCUT2D eigenvalue weighted by Crippen LogP contribution is -2.37. The maximum Gasteiger partial charge on any atom is 0.128 e. The van der Waals surface area contributed by atoms with Crippen molar-refractivity contribution < 1.29 is 0 Å². The van der Waals surface area contributed by atoms with Crippen LogP contribution in [0, 0.1) is 5.41 Å². The highest BCUT2D eigenvalue weighted by Gasteiger charge is 2.29. The largest absolute Gasteiger partial charge is 0.357 e. The summed E-state index contributed by atoms with van der Waals surface area (Å²) in [6.07, 6.45) is 5.01. The van der Waals surface area contributed by atoms with Crippen molar-refractivity contribution in [2.24, 2.45) is 11.1 Å². The van der Waals surface area contributed by atoms with Crippen molar-refractivity contribution >= 4 is 17.4 Å². The molecule has 0 bridgehead atoms. The molecule has 0 unspecified atom stereocenters. The van der Waals surface area contributed by atoms with Crippen molar-refractivity contribution in [3.63, 3.8) is 0 Å². The number of nitrogens with zero attached hydrogens (tertiary/aromatic N) is 2. The fourth-order valence-corrected chi connectivity index (χ4v) is 2.95. The minimum absolute atomic E-state index is 0.387. The van der Waals surface area contributed by atoms with Crippen LogP contribution in [-0.4, -0.2) is 18.1 Å². The lowest BCUT2D eigenvalue weighted by Gasteiger charge is -2.39. The maximum absolute atomic E-state index is 6.06. The Morgan fingerprint density at radius 2 is 2.00 bits per heavy atom. The summed E-state index contributed by atoms with van der Waals surface area (Å²) in [7, 11) is 2.12. The van der Waals surface area contributed by atoms with Crippen LogP contribution in [0.2, 0.25) is 5.02 Å². The molecule has 1 saturated carbocycles. The van der Waals surface area contributed by atoms with E-state index in [0.717, 1.165) is 11.5 Å². The van der Waals surface area contributed by atoms with Gasteiger partial charge in [0, 0.05) is 19.6 Å². The van der Waals surface area contributed by atoms with Crippen LogP contribution < -0.4 is 10.6 Å². The first-order chi connectivity index (χ1) is 8.93. The third-order valence-electron chi connectivity index (χ3n) is 4.32. The molecule has 1 heterocycles. The van der Waals surface area contributed by atoms with Crippen LogP contribution in [-0.2, 0) is 6.54 Å². The van der Waals surface area contributed by atoms with Gasteiger partial charge in [-0.05, 0) is 43.2 Å². The van der Waals surface area contributed by atoms with Crippen LogP contribution in [0.25, 0.3) is 0 Å². The summed E-state index contributed by atoms with van der Waals surface area (Å²) in [5.41, 5.74) is 6.94. The molecule has 0 radical (unpaired) electrons. The van der Waals surface area contributed by atoms with Gasteiger partial charge in [-0.2, -0.15) is 0 Å². The van der Waals surface area contributed by atoms with Gasteiger partial charge in [0.1, 0.15) is 5.82 Å². The molecule has 0 spiro atoms. The first kappa shape index (κ1) is 14.6. The smallest absolute Gasteiger partial charge is 0.128 e. The van der Waals surface area contributed by atoms with Crippen molar-refractivity contribution in [2.45, 2.75) is 52.1 Å². The fraction of sp³-hybridized carbons (Fsp3) is 0.667. The van der Waals surface area contributed by atoms with E-state index in [-0.39, 0.29) is 0 Å². The minimum Gasteiger partial charge on any atom is -0.357 e. The Morgan fingerprint density at radius 3 is 2.58 bits per heavy atom. The van der Waals surface area contributed by atoms with Gasteiger partial charge in [-0.15, -0.1) is 0 Å². The number of halogens is 1. The molecule has 0 amide bonds. The van der Waals surface area contributed by atoms with E-state index in [1.165, 1.54) is 25.7 Å². The molecule has 2 rings (SSSR count). The van der Waals surface area contributed by atoms with Crippen molar-refractivity contribution in [3.05, 3.63) is 22.8 Å². The lowest BCUT2D eigenvalue weighted by molar-refractivity contribution is 0.222.